The summed E-state index contributed by atoms with van der Waals surface area (Å²) in [6.45, 7) is 0. The van der Waals surface area contributed by atoms with Gasteiger partial charge in [-0.05, 0) is 35.9 Å². The summed E-state index contributed by atoms with van der Waals surface area (Å²) in [5.74, 6) is 0.510. The molecule has 0 aromatic heterocycles. The van der Waals surface area contributed by atoms with Gasteiger partial charge in [-0.15, -0.1) is 0 Å². The molecule has 0 saturated carbocycles. The lowest BCUT2D eigenvalue weighted by Crippen LogP contribution is -2.10. The zero-order chi connectivity index (χ0) is 20.6. The van der Waals surface area contributed by atoms with Gasteiger partial charge < -0.3 is 14.2 Å². The quantitative estimate of drug-likeness (QED) is 0.257. The van der Waals surface area contributed by atoms with Crippen LogP contribution >= 0.6 is 0 Å². The summed E-state index contributed by atoms with van der Waals surface area (Å²) in [5.41, 5.74) is 1.60. The largest absolute Gasteiger partial charge is 0.497 e. The first-order chi connectivity index (χ1) is 14.1. The third kappa shape index (κ3) is 5.11. The molecule has 3 rings (SSSR count). The van der Waals surface area contributed by atoms with Crippen LogP contribution in [0, 0.1) is 0 Å². The Bertz CT molecular complexity index is 1020. The van der Waals surface area contributed by atoms with Gasteiger partial charge in [0.05, 0.1) is 19.8 Å². The predicted octanol–water partition coefficient (Wildman–Crippen LogP) is 4.55. The molecular formula is C24H20O5. The zero-order valence-electron chi connectivity index (χ0n) is 16.1. The monoisotopic (exact) mass is 388 g/mol. The van der Waals surface area contributed by atoms with E-state index in [-0.39, 0.29) is 17.1 Å². The van der Waals surface area contributed by atoms with Crippen molar-refractivity contribution in [2.75, 3.05) is 14.2 Å². The van der Waals surface area contributed by atoms with E-state index in [1.165, 1.54) is 19.3 Å². The average molecular weight is 388 g/mol. The molecule has 146 valence electrons. The van der Waals surface area contributed by atoms with Gasteiger partial charge in [-0.2, -0.15) is 0 Å². The van der Waals surface area contributed by atoms with Crippen LogP contribution in [0.15, 0.2) is 78.9 Å². The van der Waals surface area contributed by atoms with Crippen LogP contribution in [0.2, 0.25) is 0 Å². The second-order valence-electron chi connectivity index (χ2n) is 6.08. The fourth-order valence-corrected chi connectivity index (χ4v) is 2.67. The standard InChI is InChI=1S/C24H20O5/c1-27-19-11-8-17(9-12-19)10-15-23(25)29-22-16-20(28-2)13-14-21(22)24(26)18-6-4-3-5-7-18/h3-16H,1-2H3. The van der Waals surface area contributed by atoms with Gasteiger partial charge in [-0.3, -0.25) is 4.79 Å². The molecule has 0 aliphatic rings. The van der Waals surface area contributed by atoms with Gasteiger partial charge in [0.2, 0.25) is 0 Å². The van der Waals surface area contributed by atoms with Crippen LogP contribution in [0.5, 0.6) is 17.2 Å². The van der Waals surface area contributed by atoms with Gasteiger partial charge in [0, 0.05) is 17.7 Å². The van der Waals surface area contributed by atoms with Crippen molar-refractivity contribution in [2.24, 2.45) is 0 Å². The molecule has 0 N–H and O–H groups in total. The maximum absolute atomic E-state index is 12.8. The number of hydrogen-bond acceptors (Lipinski definition) is 5. The third-order valence-corrected chi connectivity index (χ3v) is 4.21. The summed E-state index contributed by atoms with van der Waals surface area (Å²) in [4.78, 5) is 25.2. The van der Waals surface area contributed by atoms with Crippen LogP contribution in [0.25, 0.3) is 6.08 Å². The van der Waals surface area contributed by atoms with E-state index >= 15 is 0 Å². The minimum Gasteiger partial charge on any atom is -0.497 e. The van der Waals surface area contributed by atoms with E-state index in [0.29, 0.717) is 11.3 Å². The van der Waals surface area contributed by atoms with Crippen molar-refractivity contribution in [3.8, 4) is 17.2 Å². The fourth-order valence-electron chi connectivity index (χ4n) is 2.67. The first-order valence-corrected chi connectivity index (χ1v) is 8.92. The molecule has 0 fully saturated rings. The second-order valence-corrected chi connectivity index (χ2v) is 6.08. The topological polar surface area (TPSA) is 61.8 Å². The lowest BCUT2D eigenvalue weighted by Gasteiger charge is -2.10. The Labute approximate surface area is 169 Å². The summed E-state index contributed by atoms with van der Waals surface area (Å²) in [6.07, 6.45) is 2.93. The Kier molecular flexibility index (Phi) is 6.43. The minimum absolute atomic E-state index is 0.141. The van der Waals surface area contributed by atoms with Crippen LogP contribution in [-0.4, -0.2) is 26.0 Å². The summed E-state index contributed by atoms with van der Waals surface area (Å²) in [5, 5.41) is 0. The molecular weight excluding hydrogens is 368 g/mol. The van der Waals surface area contributed by atoms with Crippen molar-refractivity contribution in [3.63, 3.8) is 0 Å². The van der Waals surface area contributed by atoms with E-state index in [1.807, 2.05) is 18.2 Å². The predicted molar refractivity (Wildman–Crippen MR) is 111 cm³/mol. The van der Waals surface area contributed by atoms with Gasteiger partial charge in [0.1, 0.15) is 17.2 Å². The molecule has 29 heavy (non-hydrogen) atoms. The van der Waals surface area contributed by atoms with Crippen LogP contribution < -0.4 is 14.2 Å². The van der Waals surface area contributed by atoms with Crippen molar-refractivity contribution >= 4 is 17.8 Å². The highest BCUT2D eigenvalue weighted by Crippen LogP contribution is 2.27. The number of methoxy groups -OCH3 is 2. The van der Waals surface area contributed by atoms with Gasteiger partial charge in [-0.25, -0.2) is 4.79 Å². The number of ketones is 1. The molecule has 0 amide bonds. The number of carbonyl (C=O) groups is 2. The molecule has 0 atom stereocenters. The number of carbonyl (C=O) groups excluding carboxylic acids is 2. The Morgan fingerprint density at radius 2 is 1.45 bits per heavy atom. The molecule has 0 saturated heterocycles. The highest BCUT2D eigenvalue weighted by molar-refractivity contribution is 6.11. The normalized spacial score (nSPS) is 10.6. The van der Waals surface area contributed by atoms with Gasteiger partial charge in [0.25, 0.3) is 0 Å². The van der Waals surface area contributed by atoms with Crippen molar-refractivity contribution in [1.29, 1.82) is 0 Å². The highest BCUT2D eigenvalue weighted by Gasteiger charge is 2.17. The van der Waals surface area contributed by atoms with E-state index < -0.39 is 5.97 Å². The van der Waals surface area contributed by atoms with Crippen molar-refractivity contribution in [3.05, 3.63) is 95.6 Å². The Morgan fingerprint density at radius 1 is 0.793 bits per heavy atom. The average Bonchev–Trinajstić information content (AvgIpc) is 2.78. The lowest BCUT2D eigenvalue weighted by atomic mass is 10.0. The number of hydrogen-bond donors (Lipinski definition) is 0. The van der Waals surface area contributed by atoms with E-state index in [2.05, 4.69) is 0 Å². The van der Waals surface area contributed by atoms with Crippen LogP contribution in [0.1, 0.15) is 21.5 Å². The van der Waals surface area contributed by atoms with Crippen molar-refractivity contribution in [2.45, 2.75) is 0 Å². The highest BCUT2D eigenvalue weighted by atomic mass is 16.5. The number of esters is 1. The Morgan fingerprint density at radius 3 is 2.10 bits per heavy atom. The first-order valence-electron chi connectivity index (χ1n) is 8.92. The molecule has 3 aromatic rings. The first kappa shape index (κ1) is 19.9. The Hall–Kier alpha value is -3.86. The van der Waals surface area contributed by atoms with E-state index in [1.54, 1.807) is 61.7 Å². The van der Waals surface area contributed by atoms with Crippen molar-refractivity contribution in [1.82, 2.24) is 0 Å². The molecule has 0 aliphatic carbocycles. The molecule has 0 bridgehead atoms. The second kappa shape index (κ2) is 9.37. The molecule has 5 heteroatoms. The summed E-state index contributed by atoms with van der Waals surface area (Å²) in [6, 6.07) is 20.8. The SMILES string of the molecule is COc1ccc(C=CC(=O)Oc2cc(OC)ccc2C(=O)c2ccccc2)cc1. The smallest absolute Gasteiger partial charge is 0.336 e. The summed E-state index contributed by atoms with van der Waals surface area (Å²) >= 11 is 0. The summed E-state index contributed by atoms with van der Waals surface area (Å²) < 4.78 is 15.7. The van der Waals surface area contributed by atoms with E-state index in [4.69, 9.17) is 14.2 Å². The molecule has 0 aliphatic heterocycles. The minimum atomic E-state index is -0.601. The van der Waals surface area contributed by atoms with E-state index in [0.717, 1.165) is 11.3 Å². The van der Waals surface area contributed by atoms with Crippen LogP contribution in [0.4, 0.5) is 0 Å². The molecule has 5 nitrogen and oxygen atoms in total. The Balaban J connectivity index is 1.82. The zero-order valence-corrected chi connectivity index (χ0v) is 16.1. The number of rotatable bonds is 7. The fraction of sp³-hybridized carbons (Fsp3) is 0.0833. The molecule has 0 unspecified atom stereocenters. The molecule has 3 aromatic carbocycles. The van der Waals surface area contributed by atoms with E-state index in [9.17, 15) is 9.59 Å². The maximum Gasteiger partial charge on any atom is 0.336 e. The molecule has 0 radical (unpaired) electrons. The summed E-state index contributed by atoms with van der Waals surface area (Å²) in [7, 11) is 3.09. The van der Waals surface area contributed by atoms with Gasteiger partial charge in [-0.1, -0.05) is 42.5 Å². The maximum atomic E-state index is 12.8. The number of ether oxygens (including phenoxy) is 3. The molecule has 0 spiro atoms. The van der Waals surface area contributed by atoms with Crippen molar-refractivity contribution < 1.29 is 23.8 Å². The third-order valence-electron chi connectivity index (χ3n) is 4.21. The van der Waals surface area contributed by atoms with Crippen LogP contribution in [0.3, 0.4) is 0 Å². The van der Waals surface area contributed by atoms with Gasteiger partial charge in [0.15, 0.2) is 5.78 Å². The van der Waals surface area contributed by atoms with Crippen LogP contribution in [-0.2, 0) is 4.79 Å². The van der Waals surface area contributed by atoms with Gasteiger partial charge >= 0.3 is 5.97 Å². The molecule has 0 heterocycles. The number of benzene rings is 3. The lowest BCUT2D eigenvalue weighted by molar-refractivity contribution is -0.128.